The lowest BCUT2D eigenvalue weighted by Crippen LogP contribution is -2.47. The van der Waals surface area contributed by atoms with Crippen molar-refractivity contribution in [2.45, 2.75) is 39.0 Å². The van der Waals surface area contributed by atoms with Gasteiger partial charge in [-0.05, 0) is 43.2 Å². The standard InChI is InChI=1S/C19H31N5O2.HI/c1-15-5-6-16(22-13-15)24-17(25)7-11-21-18(20-2)23-14-19(8-4-9-19)10-12-26-3;/h5-6,13H,4,7-12,14H2,1-3H3,(H2,20,21,23)(H,22,24,25);1H. The summed E-state index contributed by atoms with van der Waals surface area (Å²) in [6, 6.07) is 3.73. The molecule has 152 valence electrons. The van der Waals surface area contributed by atoms with E-state index in [9.17, 15) is 4.79 Å². The summed E-state index contributed by atoms with van der Waals surface area (Å²) in [5, 5.41) is 9.38. The number of aromatic nitrogens is 1. The molecule has 0 spiro atoms. The molecule has 1 saturated carbocycles. The molecular formula is C19H32IN5O2. The van der Waals surface area contributed by atoms with Gasteiger partial charge in [0, 0.05) is 46.5 Å². The zero-order chi connectivity index (χ0) is 18.8. The number of amides is 1. The quantitative estimate of drug-likeness (QED) is 0.282. The number of hydrogen-bond donors (Lipinski definition) is 3. The fourth-order valence-electron chi connectivity index (χ4n) is 3.04. The van der Waals surface area contributed by atoms with E-state index in [0.717, 1.165) is 31.1 Å². The van der Waals surface area contributed by atoms with E-state index in [0.29, 0.717) is 24.2 Å². The Bertz CT molecular complexity index is 603. The summed E-state index contributed by atoms with van der Waals surface area (Å²) < 4.78 is 5.23. The van der Waals surface area contributed by atoms with Crippen LogP contribution in [0.15, 0.2) is 23.3 Å². The maximum absolute atomic E-state index is 12.0. The molecule has 0 unspecified atom stereocenters. The van der Waals surface area contributed by atoms with E-state index in [2.05, 4.69) is 25.9 Å². The van der Waals surface area contributed by atoms with Gasteiger partial charge >= 0.3 is 0 Å². The summed E-state index contributed by atoms with van der Waals surface area (Å²) in [7, 11) is 3.49. The molecule has 1 aromatic heterocycles. The highest BCUT2D eigenvalue weighted by Gasteiger charge is 2.36. The van der Waals surface area contributed by atoms with Gasteiger partial charge in [-0.2, -0.15) is 0 Å². The molecular weight excluding hydrogens is 457 g/mol. The van der Waals surface area contributed by atoms with Crippen LogP contribution in [-0.2, 0) is 9.53 Å². The number of methoxy groups -OCH3 is 1. The molecule has 8 heteroatoms. The minimum atomic E-state index is -0.0696. The first kappa shape index (κ1) is 23.6. The van der Waals surface area contributed by atoms with Gasteiger partial charge in [-0.15, -0.1) is 24.0 Å². The molecule has 3 N–H and O–H groups in total. The third kappa shape index (κ3) is 8.00. The molecule has 0 atom stereocenters. The number of halogens is 1. The molecule has 0 aliphatic heterocycles. The number of nitrogens with one attached hydrogen (secondary N) is 3. The summed E-state index contributed by atoms with van der Waals surface area (Å²) in [4.78, 5) is 20.4. The number of pyridine rings is 1. The van der Waals surface area contributed by atoms with Crippen LogP contribution in [0, 0.1) is 12.3 Å². The van der Waals surface area contributed by atoms with Crippen LogP contribution in [0.25, 0.3) is 0 Å². The van der Waals surface area contributed by atoms with E-state index >= 15 is 0 Å². The zero-order valence-electron chi connectivity index (χ0n) is 16.5. The summed E-state index contributed by atoms with van der Waals surface area (Å²) in [5.41, 5.74) is 1.39. The average Bonchev–Trinajstić information content (AvgIpc) is 2.60. The van der Waals surface area contributed by atoms with E-state index in [1.165, 1.54) is 19.3 Å². The summed E-state index contributed by atoms with van der Waals surface area (Å²) in [6.45, 7) is 4.16. The Labute approximate surface area is 179 Å². The Balaban J connectivity index is 0.00000364. The fraction of sp³-hybridized carbons (Fsp3) is 0.632. The van der Waals surface area contributed by atoms with Gasteiger partial charge in [-0.1, -0.05) is 12.5 Å². The van der Waals surface area contributed by atoms with Crippen molar-refractivity contribution in [2.24, 2.45) is 10.4 Å². The van der Waals surface area contributed by atoms with Crippen molar-refractivity contribution in [2.75, 3.05) is 39.2 Å². The highest BCUT2D eigenvalue weighted by molar-refractivity contribution is 14.0. The molecule has 1 fully saturated rings. The third-order valence-corrected chi connectivity index (χ3v) is 4.93. The van der Waals surface area contributed by atoms with Gasteiger partial charge in [-0.25, -0.2) is 4.98 Å². The highest BCUT2D eigenvalue weighted by atomic mass is 127. The SMILES string of the molecule is CN=C(NCCC(=O)Nc1ccc(C)cn1)NCC1(CCOC)CCC1.I. The molecule has 0 bridgehead atoms. The van der Waals surface area contributed by atoms with Crippen LogP contribution in [0.1, 0.15) is 37.7 Å². The normalized spacial score (nSPS) is 15.3. The molecule has 1 aromatic rings. The van der Waals surface area contributed by atoms with E-state index in [1.54, 1.807) is 26.4 Å². The molecule has 0 radical (unpaired) electrons. The van der Waals surface area contributed by atoms with Crippen LogP contribution in [0.2, 0.25) is 0 Å². The Morgan fingerprint density at radius 3 is 2.67 bits per heavy atom. The maximum Gasteiger partial charge on any atom is 0.227 e. The van der Waals surface area contributed by atoms with Gasteiger partial charge in [0.2, 0.25) is 5.91 Å². The molecule has 1 aliphatic carbocycles. The summed E-state index contributed by atoms with van der Waals surface area (Å²) in [6.07, 6.45) is 6.90. The largest absolute Gasteiger partial charge is 0.385 e. The Morgan fingerprint density at radius 1 is 1.33 bits per heavy atom. The first-order chi connectivity index (χ1) is 12.6. The number of guanidine groups is 1. The van der Waals surface area contributed by atoms with Gasteiger partial charge < -0.3 is 20.7 Å². The molecule has 7 nitrogen and oxygen atoms in total. The lowest BCUT2D eigenvalue weighted by Gasteiger charge is -2.42. The number of hydrogen-bond acceptors (Lipinski definition) is 4. The highest BCUT2D eigenvalue weighted by Crippen LogP contribution is 2.43. The van der Waals surface area contributed by atoms with Crippen molar-refractivity contribution < 1.29 is 9.53 Å². The predicted molar refractivity (Wildman–Crippen MR) is 120 cm³/mol. The number of rotatable bonds is 9. The average molecular weight is 489 g/mol. The third-order valence-electron chi connectivity index (χ3n) is 4.93. The van der Waals surface area contributed by atoms with E-state index in [4.69, 9.17) is 4.74 Å². The van der Waals surface area contributed by atoms with Crippen molar-refractivity contribution in [3.63, 3.8) is 0 Å². The topological polar surface area (TPSA) is 87.6 Å². The maximum atomic E-state index is 12.0. The molecule has 1 amide bonds. The van der Waals surface area contributed by atoms with Gasteiger partial charge in [0.15, 0.2) is 5.96 Å². The van der Waals surface area contributed by atoms with Crippen molar-refractivity contribution in [1.29, 1.82) is 0 Å². The summed E-state index contributed by atoms with van der Waals surface area (Å²) in [5.74, 6) is 1.24. The molecule has 1 aliphatic rings. The second-order valence-electron chi connectivity index (χ2n) is 6.97. The molecule has 0 aromatic carbocycles. The molecule has 27 heavy (non-hydrogen) atoms. The zero-order valence-corrected chi connectivity index (χ0v) is 18.8. The number of aryl methyl sites for hydroxylation is 1. The second-order valence-corrected chi connectivity index (χ2v) is 6.97. The second kappa shape index (κ2) is 12.1. The Hall–Kier alpha value is -1.42. The minimum absolute atomic E-state index is 0. The van der Waals surface area contributed by atoms with Crippen LogP contribution in [-0.4, -0.2) is 50.7 Å². The van der Waals surface area contributed by atoms with Crippen molar-refractivity contribution >= 4 is 41.7 Å². The number of carbonyl (C=O) groups is 1. The van der Waals surface area contributed by atoms with Crippen LogP contribution in [0.5, 0.6) is 0 Å². The summed E-state index contributed by atoms with van der Waals surface area (Å²) >= 11 is 0. The van der Waals surface area contributed by atoms with Crippen LogP contribution < -0.4 is 16.0 Å². The number of aliphatic imine (C=N–C) groups is 1. The lowest BCUT2D eigenvalue weighted by molar-refractivity contribution is -0.116. The lowest BCUT2D eigenvalue weighted by atomic mass is 9.67. The van der Waals surface area contributed by atoms with Gasteiger partial charge in [-0.3, -0.25) is 9.79 Å². The van der Waals surface area contributed by atoms with Gasteiger partial charge in [0.05, 0.1) is 0 Å². The molecule has 2 rings (SSSR count). The van der Waals surface area contributed by atoms with Gasteiger partial charge in [0.25, 0.3) is 0 Å². The monoisotopic (exact) mass is 489 g/mol. The minimum Gasteiger partial charge on any atom is -0.385 e. The van der Waals surface area contributed by atoms with E-state index in [-0.39, 0.29) is 29.9 Å². The van der Waals surface area contributed by atoms with Crippen LogP contribution in [0.3, 0.4) is 0 Å². The number of nitrogens with zero attached hydrogens (tertiary/aromatic N) is 2. The van der Waals surface area contributed by atoms with Crippen LogP contribution >= 0.6 is 24.0 Å². The Kier molecular flexibility index (Phi) is 10.6. The van der Waals surface area contributed by atoms with Gasteiger partial charge in [0.1, 0.15) is 5.82 Å². The fourth-order valence-corrected chi connectivity index (χ4v) is 3.04. The van der Waals surface area contributed by atoms with Crippen molar-refractivity contribution in [1.82, 2.24) is 15.6 Å². The molecule has 0 saturated heterocycles. The number of carbonyl (C=O) groups excluding carboxylic acids is 1. The van der Waals surface area contributed by atoms with E-state index in [1.807, 2.05) is 13.0 Å². The Morgan fingerprint density at radius 2 is 2.11 bits per heavy atom. The number of anilines is 1. The van der Waals surface area contributed by atoms with E-state index < -0.39 is 0 Å². The molecule has 1 heterocycles. The first-order valence-corrected chi connectivity index (χ1v) is 9.23. The van der Waals surface area contributed by atoms with Crippen molar-refractivity contribution in [3.8, 4) is 0 Å². The van der Waals surface area contributed by atoms with Crippen LogP contribution in [0.4, 0.5) is 5.82 Å². The predicted octanol–water partition coefficient (Wildman–Crippen LogP) is 2.71. The first-order valence-electron chi connectivity index (χ1n) is 9.23. The smallest absolute Gasteiger partial charge is 0.227 e. The number of ether oxygens (including phenoxy) is 1. The van der Waals surface area contributed by atoms with Crippen molar-refractivity contribution in [3.05, 3.63) is 23.9 Å².